The molecule has 0 radical (unpaired) electrons. The van der Waals surface area contributed by atoms with E-state index in [0.29, 0.717) is 24.6 Å². The fourth-order valence-electron chi connectivity index (χ4n) is 2.87. The SMILES string of the molecule is COc1cccc(-c2ccc(C(=O)NCCS(=O)(=O)N3CCCC3)o2)c1. The van der Waals surface area contributed by atoms with E-state index in [1.165, 1.54) is 4.31 Å². The average Bonchev–Trinajstić information content (AvgIpc) is 3.33. The highest BCUT2D eigenvalue weighted by molar-refractivity contribution is 7.89. The number of methoxy groups -OCH3 is 1. The normalized spacial score (nSPS) is 15.1. The number of nitrogens with one attached hydrogen (secondary N) is 1. The van der Waals surface area contributed by atoms with Gasteiger partial charge in [-0.25, -0.2) is 12.7 Å². The number of hydrogen-bond donors (Lipinski definition) is 1. The zero-order chi connectivity index (χ0) is 18.6. The first-order valence-electron chi connectivity index (χ1n) is 8.50. The highest BCUT2D eigenvalue weighted by Gasteiger charge is 2.25. The van der Waals surface area contributed by atoms with Crippen LogP contribution in [-0.4, -0.2) is 51.1 Å². The topological polar surface area (TPSA) is 88.8 Å². The molecule has 26 heavy (non-hydrogen) atoms. The second kappa shape index (κ2) is 7.92. The van der Waals surface area contributed by atoms with E-state index in [1.54, 1.807) is 19.2 Å². The lowest BCUT2D eigenvalue weighted by molar-refractivity contribution is 0.0929. The predicted molar refractivity (Wildman–Crippen MR) is 97.6 cm³/mol. The molecule has 1 fully saturated rings. The molecule has 0 saturated carbocycles. The van der Waals surface area contributed by atoms with Gasteiger partial charge >= 0.3 is 0 Å². The van der Waals surface area contributed by atoms with Gasteiger partial charge in [0.25, 0.3) is 5.91 Å². The summed E-state index contributed by atoms with van der Waals surface area (Å²) in [4.78, 5) is 12.2. The van der Waals surface area contributed by atoms with Crippen LogP contribution in [0.5, 0.6) is 5.75 Å². The molecule has 0 bridgehead atoms. The number of carbonyl (C=O) groups excluding carboxylic acids is 1. The number of sulfonamides is 1. The van der Waals surface area contributed by atoms with Crippen molar-refractivity contribution in [2.24, 2.45) is 0 Å². The largest absolute Gasteiger partial charge is 0.497 e. The fourth-order valence-corrected chi connectivity index (χ4v) is 4.30. The third kappa shape index (κ3) is 4.25. The number of nitrogens with zero attached hydrogens (tertiary/aromatic N) is 1. The molecule has 1 aromatic carbocycles. The summed E-state index contributed by atoms with van der Waals surface area (Å²) in [6.45, 7) is 1.18. The summed E-state index contributed by atoms with van der Waals surface area (Å²) in [5.41, 5.74) is 0.792. The molecular formula is C18H22N2O5S. The standard InChI is InChI=1S/C18H22N2O5S/c1-24-15-6-4-5-14(13-15)16-7-8-17(25-16)18(21)19-9-12-26(22,23)20-10-2-3-11-20/h4-8,13H,2-3,9-12H2,1H3,(H,19,21). The van der Waals surface area contributed by atoms with Gasteiger partial charge in [0.05, 0.1) is 12.9 Å². The molecule has 2 heterocycles. The lowest BCUT2D eigenvalue weighted by Gasteiger charge is -2.15. The minimum absolute atomic E-state index is 0.0485. The summed E-state index contributed by atoms with van der Waals surface area (Å²) in [5, 5.41) is 2.60. The third-order valence-electron chi connectivity index (χ3n) is 4.29. The number of ether oxygens (including phenoxy) is 1. The molecule has 140 valence electrons. The molecule has 1 amide bonds. The van der Waals surface area contributed by atoms with Crippen molar-refractivity contribution in [2.45, 2.75) is 12.8 Å². The Morgan fingerprint density at radius 2 is 2.00 bits per heavy atom. The maximum absolute atomic E-state index is 12.2. The maximum Gasteiger partial charge on any atom is 0.287 e. The van der Waals surface area contributed by atoms with Crippen molar-refractivity contribution in [1.82, 2.24) is 9.62 Å². The monoisotopic (exact) mass is 378 g/mol. The maximum atomic E-state index is 12.2. The molecule has 3 rings (SSSR count). The molecule has 0 aliphatic carbocycles. The van der Waals surface area contributed by atoms with Gasteiger partial charge in [-0.2, -0.15) is 0 Å². The molecule has 1 aliphatic rings. The molecule has 8 heteroatoms. The number of benzene rings is 1. The molecule has 0 unspecified atom stereocenters. The van der Waals surface area contributed by atoms with E-state index < -0.39 is 15.9 Å². The predicted octanol–water partition coefficient (Wildman–Crippen LogP) is 2.11. The van der Waals surface area contributed by atoms with Crippen molar-refractivity contribution in [2.75, 3.05) is 32.5 Å². The summed E-state index contributed by atoms with van der Waals surface area (Å²) < 4.78 is 36.5. The summed E-state index contributed by atoms with van der Waals surface area (Å²) in [5.74, 6) is 0.829. The second-order valence-electron chi connectivity index (χ2n) is 6.07. The Labute approximate surface area is 153 Å². The summed E-state index contributed by atoms with van der Waals surface area (Å²) in [7, 11) is -1.73. The van der Waals surface area contributed by atoms with Gasteiger partial charge in [0.1, 0.15) is 11.5 Å². The van der Waals surface area contributed by atoms with E-state index in [0.717, 1.165) is 18.4 Å². The van der Waals surface area contributed by atoms with E-state index >= 15 is 0 Å². The van der Waals surface area contributed by atoms with Gasteiger partial charge in [0.15, 0.2) is 5.76 Å². The highest BCUT2D eigenvalue weighted by Crippen LogP contribution is 2.25. The zero-order valence-electron chi connectivity index (χ0n) is 14.6. The molecule has 0 atom stereocenters. The van der Waals surface area contributed by atoms with E-state index in [1.807, 2.05) is 24.3 Å². The van der Waals surface area contributed by atoms with Gasteiger partial charge in [0.2, 0.25) is 10.0 Å². The number of furan rings is 1. The van der Waals surface area contributed by atoms with Crippen molar-refractivity contribution in [1.29, 1.82) is 0 Å². The van der Waals surface area contributed by atoms with Gasteiger partial charge in [0, 0.05) is 25.2 Å². The lowest BCUT2D eigenvalue weighted by atomic mass is 10.2. The Hall–Kier alpha value is -2.32. The first-order chi connectivity index (χ1) is 12.5. The minimum Gasteiger partial charge on any atom is -0.497 e. The number of hydrogen-bond acceptors (Lipinski definition) is 5. The van der Waals surface area contributed by atoms with Gasteiger partial charge in [-0.05, 0) is 37.1 Å². The molecule has 1 aromatic heterocycles. The number of amides is 1. The number of rotatable bonds is 7. The van der Waals surface area contributed by atoms with Crippen LogP contribution in [0.15, 0.2) is 40.8 Å². The van der Waals surface area contributed by atoms with Crippen LogP contribution in [0, 0.1) is 0 Å². The summed E-state index contributed by atoms with van der Waals surface area (Å²) in [6.07, 6.45) is 1.79. The van der Waals surface area contributed by atoms with E-state index in [-0.39, 0.29) is 18.1 Å². The second-order valence-corrected chi connectivity index (χ2v) is 8.16. The van der Waals surface area contributed by atoms with Crippen LogP contribution in [-0.2, 0) is 10.0 Å². The van der Waals surface area contributed by atoms with Gasteiger partial charge < -0.3 is 14.5 Å². The quantitative estimate of drug-likeness (QED) is 0.797. The van der Waals surface area contributed by atoms with Crippen molar-refractivity contribution in [3.05, 3.63) is 42.2 Å². The average molecular weight is 378 g/mol. The van der Waals surface area contributed by atoms with Crippen LogP contribution in [0.2, 0.25) is 0 Å². The molecular weight excluding hydrogens is 356 g/mol. The van der Waals surface area contributed by atoms with Crippen molar-refractivity contribution in [3.8, 4) is 17.1 Å². The van der Waals surface area contributed by atoms with E-state index in [2.05, 4.69) is 5.32 Å². The van der Waals surface area contributed by atoms with Crippen molar-refractivity contribution < 1.29 is 22.4 Å². The Balaban J connectivity index is 1.58. The zero-order valence-corrected chi connectivity index (χ0v) is 15.4. The highest BCUT2D eigenvalue weighted by atomic mass is 32.2. The summed E-state index contributed by atoms with van der Waals surface area (Å²) >= 11 is 0. The Kier molecular flexibility index (Phi) is 5.63. The van der Waals surface area contributed by atoms with Crippen LogP contribution in [0.4, 0.5) is 0 Å². The molecule has 1 saturated heterocycles. The fraction of sp³-hybridized carbons (Fsp3) is 0.389. The molecule has 1 N–H and O–H groups in total. The van der Waals surface area contributed by atoms with Crippen molar-refractivity contribution >= 4 is 15.9 Å². The van der Waals surface area contributed by atoms with E-state index in [9.17, 15) is 13.2 Å². The van der Waals surface area contributed by atoms with Crippen LogP contribution in [0.1, 0.15) is 23.4 Å². The van der Waals surface area contributed by atoms with Crippen LogP contribution >= 0.6 is 0 Å². The first-order valence-corrected chi connectivity index (χ1v) is 10.1. The number of carbonyl (C=O) groups is 1. The van der Waals surface area contributed by atoms with Crippen LogP contribution in [0.3, 0.4) is 0 Å². The van der Waals surface area contributed by atoms with Crippen LogP contribution in [0.25, 0.3) is 11.3 Å². The van der Waals surface area contributed by atoms with Crippen LogP contribution < -0.4 is 10.1 Å². The minimum atomic E-state index is -3.31. The molecule has 0 spiro atoms. The Morgan fingerprint density at radius 3 is 2.73 bits per heavy atom. The molecule has 1 aliphatic heterocycles. The van der Waals surface area contributed by atoms with Gasteiger partial charge in [-0.15, -0.1) is 0 Å². The van der Waals surface area contributed by atoms with Gasteiger partial charge in [-0.1, -0.05) is 12.1 Å². The Morgan fingerprint density at radius 1 is 1.23 bits per heavy atom. The third-order valence-corrected chi connectivity index (χ3v) is 6.16. The summed E-state index contributed by atoms with van der Waals surface area (Å²) in [6, 6.07) is 10.6. The molecule has 2 aromatic rings. The smallest absolute Gasteiger partial charge is 0.287 e. The lowest BCUT2D eigenvalue weighted by Crippen LogP contribution is -2.36. The first kappa shape index (κ1) is 18.5. The van der Waals surface area contributed by atoms with Crippen molar-refractivity contribution in [3.63, 3.8) is 0 Å². The Bertz CT molecular complexity index is 869. The van der Waals surface area contributed by atoms with Gasteiger partial charge in [-0.3, -0.25) is 4.79 Å². The van der Waals surface area contributed by atoms with E-state index in [4.69, 9.17) is 9.15 Å². The molecule has 7 nitrogen and oxygen atoms in total.